The third-order valence-corrected chi connectivity index (χ3v) is 5.42. The van der Waals surface area contributed by atoms with E-state index in [1.54, 1.807) is 26.2 Å². The lowest BCUT2D eigenvalue weighted by Crippen LogP contribution is -2.33. The van der Waals surface area contributed by atoms with Gasteiger partial charge in [-0.3, -0.25) is 18.7 Å². The Bertz CT molecular complexity index is 922. The Morgan fingerprint density at radius 1 is 1.52 bits per heavy atom. The van der Waals surface area contributed by atoms with Gasteiger partial charge in [0.15, 0.2) is 0 Å². The highest BCUT2D eigenvalue weighted by atomic mass is 31.2. The van der Waals surface area contributed by atoms with E-state index in [0.29, 0.717) is 17.8 Å². The monoisotopic (exact) mass is 396 g/mol. The number of rotatable bonds is 7. The molecule has 0 radical (unpaired) electrons. The minimum absolute atomic E-state index is 0.0475. The first-order chi connectivity index (χ1) is 12.9. The maximum Gasteiger partial charge on any atom is 0.330 e. The van der Waals surface area contributed by atoms with Crippen LogP contribution in [0.2, 0.25) is 0 Å². The molecule has 1 aliphatic heterocycles. The van der Waals surface area contributed by atoms with Gasteiger partial charge in [-0.25, -0.2) is 9.78 Å². The summed E-state index contributed by atoms with van der Waals surface area (Å²) in [5.41, 5.74) is -0.601. The van der Waals surface area contributed by atoms with E-state index in [9.17, 15) is 14.5 Å². The van der Waals surface area contributed by atoms with Crippen LogP contribution in [0.5, 0.6) is 0 Å². The molecule has 0 saturated carbocycles. The number of aromatic nitrogens is 4. The van der Waals surface area contributed by atoms with Crippen molar-refractivity contribution < 1.29 is 18.9 Å². The summed E-state index contributed by atoms with van der Waals surface area (Å²) in [6, 6.07) is 0. The molecule has 0 aromatic carbocycles. The number of aromatic amines is 1. The van der Waals surface area contributed by atoms with Gasteiger partial charge in [-0.1, -0.05) is 6.58 Å². The van der Waals surface area contributed by atoms with E-state index in [-0.39, 0.29) is 6.61 Å². The topological polar surface area (TPSA) is 121 Å². The second-order valence-electron chi connectivity index (χ2n) is 6.05. The van der Waals surface area contributed by atoms with Crippen molar-refractivity contribution in [2.24, 2.45) is 0 Å². The van der Waals surface area contributed by atoms with Gasteiger partial charge in [-0.15, -0.1) is 0 Å². The summed E-state index contributed by atoms with van der Waals surface area (Å²) >= 11 is 0. The Labute approximate surface area is 156 Å². The van der Waals surface area contributed by atoms with Crippen molar-refractivity contribution in [3.8, 4) is 0 Å². The zero-order valence-electron chi connectivity index (χ0n) is 14.9. The average Bonchev–Trinajstić information content (AvgIpc) is 3.23. The van der Waals surface area contributed by atoms with Crippen LogP contribution in [-0.2, 0) is 14.0 Å². The molecule has 11 heteroatoms. The predicted molar refractivity (Wildman–Crippen MR) is 97.1 cm³/mol. The summed E-state index contributed by atoms with van der Waals surface area (Å²) in [5.74, 6) is 0.628. The molecular weight excluding hydrogens is 375 g/mol. The Kier molecular flexibility index (Phi) is 5.91. The van der Waals surface area contributed by atoms with Gasteiger partial charge in [-0.2, -0.15) is 0 Å². The smallest absolute Gasteiger partial charge is 0.330 e. The van der Waals surface area contributed by atoms with E-state index in [1.807, 2.05) is 0 Å². The highest BCUT2D eigenvalue weighted by Gasteiger charge is 2.38. The summed E-state index contributed by atoms with van der Waals surface area (Å²) in [6.07, 6.45) is 4.72. The number of hydrogen-bond donors (Lipinski definition) is 2. The largest absolute Gasteiger partial charge is 0.496 e. The van der Waals surface area contributed by atoms with Crippen molar-refractivity contribution in [1.82, 2.24) is 18.9 Å². The first-order valence-electron chi connectivity index (χ1n) is 8.26. The number of ether oxygens (including phenoxy) is 2. The second-order valence-corrected chi connectivity index (χ2v) is 7.25. The van der Waals surface area contributed by atoms with Crippen LogP contribution in [0, 0.1) is 13.8 Å². The number of H-pyrrole nitrogens is 1. The van der Waals surface area contributed by atoms with Crippen LogP contribution in [0.25, 0.3) is 0 Å². The van der Waals surface area contributed by atoms with E-state index in [4.69, 9.17) is 14.0 Å². The van der Waals surface area contributed by atoms with Crippen LogP contribution in [0.4, 0.5) is 0 Å². The molecule has 2 N–H and O–H groups in total. The number of nitrogens with zero attached hydrogens (tertiary/aromatic N) is 3. The summed E-state index contributed by atoms with van der Waals surface area (Å²) in [6.45, 7) is 6.96. The van der Waals surface area contributed by atoms with E-state index < -0.39 is 38.2 Å². The third kappa shape index (κ3) is 4.19. The fourth-order valence-corrected chi connectivity index (χ4v) is 3.72. The number of hydrogen-bond acceptors (Lipinski definition) is 7. The summed E-state index contributed by atoms with van der Waals surface area (Å²) in [7, 11) is -1.91. The molecule has 0 bridgehead atoms. The SMILES string of the molecule is C=COC1CC(n2cc(C)c(=O)[nH]c2=O)OC1COP(O)n1ccnc1C. The van der Waals surface area contributed by atoms with Crippen molar-refractivity contribution in [1.29, 1.82) is 0 Å². The highest BCUT2D eigenvalue weighted by molar-refractivity contribution is 7.44. The molecule has 10 nitrogen and oxygen atoms in total. The Morgan fingerprint density at radius 3 is 2.96 bits per heavy atom. The molecule has 4 unspecified atom stereocenters. The van der Waals surface area contributed by atoms with Gasteiger partial charge < -0.3 is 18.9 Å². The van der Waals surface area contributed by atoms with Gasteiger partial charge in [-0.05, 0) is 13.8 Å². The molecule has 1 saturated heterocycles. The molecule has 4 atom stereocenters. The van der Waals surface area contributed by atoms with E-state index >= 15 is 0 Å². The van der Waals surface area contributed by atoms with Crippen molar-refractivity contribution in [3.63, 3.8) is 0 Å². The predicted octanol–water partition coefficient (Wildman–Crippen LogP) is 0.950. The standard InChI is InChI=1S/C16H21N4O6P/c1-4-24-12-7-14(19-8-10(2)15(21)18-16(19)22)26-13(12)9-25-27(23)20-6-5-17-11(20)3/h4-6,8,12-14,23H,1,7,9H2,2-3H3,(H,18,21,22). The lowest BCUT2D eigenvalue weighted by molar-refractivity contribution is -0.0431. The van der Waals surface area contributed by atoms with Gasteiger partial charge in [0.25, 0.3) is 14.1 Å². The molecule has 1 fully saturated rings. The first-order valence-corrected chi connectivity index (χ1v) is 9.43. The molecule has 0 amide bonds. The van der Waals surface area contributed by atoms with Crippen LogP contribution in [-0.4, -0.2) is 42.6 Å². The van der Waals surface area contributed by atoms with Gasteiger partial charge in [0.1, 0.15) is 24.3 Å². The van der Waals surface area contributed by atoms with Crippen LogP contribution in [0.3, 0.4) is 0 Å². The molecule has 0 aliphatic carbocycles. The lowest BCUT2D eigenvalue weighted by Gasteiger charge is -2.20. The number of aryl methyl sites for hydroxylation is 2. The minimum atomic E-state index is -1.91. The number of imidazole rings is 1. The van der Waals surface area contributed by atoms with Crippen molar-refractivity contribution in [2.45, 2.75) is 38.7 Å². The molecule has 0 spiro atoms. The van der Waals surface area contributed by atoms with Crippen LogP contribution in [0.1, 0.15) is 24.0 Å². The molecule has 2 aromatic heterocycles. The molecule has 3 rings (SSSR count). The molecular formula is C16H21N4O6P. The summed E-state index contributed by atoms with van der Waals surface area (Å²) in [5, 5.41) is 0. The van der Waals surface area contributed by atoms with Gasteiger partial charge in [0.2, 0.25) is 0 Å². The third-order valence-electron chi connectivity index (χ3n) is 4.25. The number of nitrogens with one attached hydrogen (secondary N) is 1. The Balaban J connectivity index is 1.72. The maximum absolute atomic E-state index is 12.1. The van der Waals surface area contributed by atoms with Crippen molar-refractivity contribution >= 4 is 8.53 Å². The van der Waals surface area contributed by atoms with Crippen molar-refractivity contribution in [2.75, 3.05) is 6.61 Å². The van der Waals surface area contributed by atoms with Gasteiger partial charge in [0, 0.05) is 30.6 Å². The molecule has 2 aromatic rings. The van der Waals surface area contributed by atoms with Crippen LogP contribution in [0.15, 0.2) is 41.0 Å². The Hall–Kier alpha value is -2.26. The normalized spacial score (nSPS) is 23.3. The minimum Gasteiger partial charge on any atom is -0.496 e. The van der Waals surface area contributed by atoms with E-state index in [0.717, 1.165) is 0 Å². The first kappa shape index (κ1) is 19.5. The fourth-order valence-electron chi connectivity index (χ4n) is 2.84. The average molecular weight is 396 g/mol. The molecule has 3 heterocycles. The molecule has 146 valence electrons. The van der Waals surface area contributed by atoms with Crippen LogP contribution >= 0.6 is 8.53 Å². The van der Waals surface area contributed by atoms with Gasteiger partial charge in [0.05, 0.1) is 12.9 Å². The lowest BCUT2D eigenvalue weighted by atomic mass is 10.2. The quantitative estimate of drug-likeness (QED) is 0.528. The fraction of sp³-hybridized carbons (Fsp3) is 0.438. The highest BCUT2D eigenvalue weighted by Crippen LogP contribution is 2.37. The maximum atomic E-state index is 12.1. The zero-order chi connectivity index (χ0) is 19.6. The second kappa shape index (κ2) is 8.18. The Morgan fingerprint density at radius 2 is 2.30 bits per heavy atom. The summed E-state index contributed by atoms with van der Waals surface area (Å²) in [4.78, 5) is 40.2. The van der Waals surface area contributed by atoms with E-state index in [2.05, 4.69) is 16.5 Å². The van der Waals surface area contributed by atoms with Gasteiger partial charge >= 0.3 is 5.69 Å². The molecule has 1 aliphatic rings. The van der Waals surface area contributed by atoms with Crippen LogP contribution < -0.4 is 11.2 Å². The molecule has 27 heavy (non-hydrogen) atoms. The van der Waals surface area contributed by atoms with Crippen molar-refractivity contribution in [3.05, 3.63) is 63.7 Å². The summed E-state index contributed by atoms with van der Waals surface area (Å²) < 4.78 is 19.8. The zero-order valence-corrected chi connectivity index (χ0v) is 15.8. The van der Waals surface area contributed by atoms with E-state index in [1.165, 1.54) is 21.4 Å².